The summed E-state index contributed by atoms with van der Waals surface area (Å²) in [4.78, 5) is 24.6. The number of hydrogen-bond donors (Lipinski definition) is 2. The smallest absolute Gasteiger partial charge is 0.334 e. The first-order valence-corrected chi connectivity index (χ1v) is 6.29. The molecule has 0 saturated carbocycles. The molecule has 0 aromatic carbocycles. The second kappa shape index (κ2) is 6.58. The Bertz CT molecular complexity index is 298. The molecule has 3 atom stereocenters. The summed E-state index contributed by atoms with van der Waals surface area (Å²) >= 11 is 0. The molecule has 18 heavy (non-hydrogen) atoms. The van der Waals surface area contributed by atoms with Gasteiger partial charge in [0.25, 0.3) is 0 Å². The molecule has 3 unspecified atom stereocenters. The van der Waals surface area contributed by atoms with Crippen molar-refractivity contribution in [2.75, 3.05) is 13.7 Å². The van der Waals surface area contributed by atoms with E-state index in [4.69, 9.17) is 9.84 Å². The van der Waals surface area contributed by atoms with Gasteiger partial charge >= 0.3 is 12.0 Å². The van der Waals surface area contributed by atoms with E-state index in [2.05, 4.69) is 5.32 Å². The van der Waals surface area contributed by atoms with Gasteiger partial charge in [-0.05, 0) is 33.1 Å². The van der Waals surface area contributed by atoms with Crippen molar-refractivity contribution >= 4 is 12.0 Å². The molecule has 0 aromatic heterocycles. The van der Waals surface area contributed by atoms with E-state index in [9.17, 15) is 9.59 Å². The summed E-state index contributed by atoms with van der Waals surface area (Å²) < 4.78 is 4.77. The highest BCUT2D eigenvalue weighted by Crippen LogP contribution is 2.22. The molecule has 0 aromatic rings. The van der Waals surface area contributed by atoms with E-state index >= 15 is 0 Å². The molecule has 0 radical (unpaired) electrons. The minimum Gasteiger partial charge on any atom is -0.479 e. The normalized spacial score (nSPS) is 25.6. The van der Waals surface area contributed by atoms with Gasteiger partial charge in [0, 0.05) is 19.2 Å². The van der Waals surface area contributed by atoms with Crippen LogP contribution in [-0.4, -0.2) is 53.8 Å². The van der Waals surface area contributed by atoms with Crippen molar-refractivity contribution < 1.29 is 19.4 Å². The average Bonchev–Trinajstić information content (AvgIpc) is 2.29. The van der Waals surface area contributed by atoms with Crippen LogP contribution < -0.4 is 5.32 Å². The first kappa shape index (κ1) is 14.8. The third kappa shape index (κ3) is 3.60. The third-order valence-electron chi connectivity index (χ3n) is 3.43. The van der Waals surface area contributed by atoms with E-state index in [1.807, 2.05) is 13.8 Å². The van der Waals surface area contributed by atoms with Crippen LogP contribution in [0, 0.1) is 0 Å². The number of carbonyl (C=O) groups excluding carboxylic acids is 1. The predicted molar refractivity (Wildman–Crippen MR) is 66.4 cm³/mol. The molecule has 6 heteroatoms. The van der Waals surface area contributed by atoms with Gasteiger partial charge in [-0.2, -0.15) is 0 Å². The van der Waals surface area contributed by atoms with E-state index in [-0.39, 0.29) is 24.7 Å². The van der Waals surface area contributed by atoms with Gasteiger partial charge in [0.05, 0.1) is 6.54 Å². The van der Waals surface area contributed by atoms with Gasteiger partial charge in [0.1, 0.15) is 0 Å². The summed E-state index contributed by atoms with van der Waals surface area (Å²) in [5, 5.41) is 11.4. The number of carbonyl (C=O) groups is 2. The van der Waals surface area contributed by atoms with Crippen LogP contribution in [0.1, 0.15) is 33.1 Å². The van der Waals surface area contributed by atoms with Gasteiger partial charge in [0.15, 0.2) is 6.10 Å². The number of rotatable bonds is 4. The molecule has 1 rings (SSSR count). The molecule has 0 spiro atoms. The lowest BCUT2D eigenvalue weighted by atomic mass is 9.98. The van der Waals surface area contributed by atoms with Crippen LogP contribution in [-0.2, 0) is 9.53 Å². The largest absolute Gasteiger partial charge is 0.479 e. The van der Waals surface area contributed by atoms with E-state index in [0.29, 0.717) is 0 Å². The number of likely N-dealkylation sites (tertiary alicyclic amines) is 1. The molecule has 1 saturated heterocycles. The Morgan fingerprint density at radius 1 is 1.39 bits per heavy atom. The van der Waals surface area contributed by atoms with Crippen molar-refractivity contribution in [3.8, 4) is 0 Å². The molecule has 0 bridgehead atoms. The van der Waals surface area contributed by atoms with Crippen molar-refractivity contribution in [1.29, 1.82) is 0 Å². The zero-order chi connectivity index (χ0) is 13.7. The molecule has 2 N–H and O–H groups in total. The number of amides is 2. The van der Waals surface area contributed by atoms with Crippen molar-refractivity contribution in [2.24, 2.45) is 0 Å². The quantitative estimate of drug-likeness (QED) is 0.790. The zero-order valence-corrected chi connectivity index (χ0v) is 11.2. The minimum absolute atomic E-state index is 0.0133. The number of piperidine rings is 1. The molecular formula is C12H22N2O4. The van der Waals surface area contributed by atoms with Gasteiger partial charge in [-0.15, -0.1) is 0 Å². The number of aliphatic carboxylic acids is 1. The van der Waals surface area contributed by atoms with Crippen LogP contribution in [0.4, 0.5) is 4.79 Å². The Labute approximate surface area is 107 Å². The molecule has 2 amide bonds. The Balaban J connectivity index is 2.51. The molecule has 6 nitrogen and oxygen atoms in total. The molecule has 1 heterocycles. The monoisotopic (exact) mass is 258 g/mol. The maximum Gasteiger partial charge on any atom is 0.334 e. The number of ether oxygens (including phenoxy) is 1. The third-order valence-corrected chi connectivity index (χ3v) is 3.43. The molecule has 0 aliphatic carbocycles. The van der Waals surface area contributed by atoms with E-state index in [1.165, 1.54) is 7.11 Å². The van der Waals surface area contributed by atoms with Crippen molar-refractivity contribution in [3.63, 3.8) is 0 Å². The lowest BCUT2D eigenvalue weighted by molar-refractivity contribution is -0.148. The summed E-state index contributed by atoms with van der Waals surface area (Å²) in [5.74, 6) is -1.07. The number of hydrogen-bond acceptors (Lipinski definition) is 3. The van der Waals surface area contributed by atoms with E-state index in [0.717, 1.165) is 19.3 Å². The maximum absolute atomic E-state index is 12.0. The van der Waals surface area contributed by atoms with Crippen LogP contribution in [0.2, 0.25) is 0 Å². The lowest BCUT2D eigenvalue weighted by Gasteiger charge is -2.39. The summed E-state index contributed by atoms with van der Waals surface area (Å²) in [6.07, 6.45) is 2.11. The standard InChI is InChI=1S/C12H22N2O4/c1-8-5-4-6-9(2)14(8)12(17)13-7-10(18-3)11(15)16/h8-10H,4-7H2,1-3H3,(H,13,17)(H,15,16). The summed E-state index contributed by atoms with van der Waals surface area (Å²) in [7, 11) is 1.32. The molecule has 104 valence electrons. The number of carboxylic acid groups (broad SMARTS) is 1. The number of nitrogens with zero attached hydrogens (tertiary/aromatic N) is 1. The number of methoxy groups -OCH3 is 1. The second-order valence-corrected chi connectivity index (χ2v) is 4.78. The van der Waals surface area contributed by atoms with Crippen LogP contribution in [0.3, 0.4) is 0 Å². The highest BCUT2D eigenvalue weighted by atomic mass is 16.5. The Morgan fingerprint density at radius 2 is 1.94 bits per heavy atom. The average molecular weight is 258 g/mol. The van der Waals surface area contributed by atoms with Gasteiger partial charge < -0.3 is 20.1 Å². The fourth-order valence-corrected chi connectivity index (χ4v) is 2.36. The Morgan fingerprint density at radius 3 is 2.39 bits per heavy atom. The first-order chi connectivity index (χ1) is 8.47. The SMILES string of the molecule is COC(CNC(=O)N1C(C)CCCC1C)C(=O)O. The molecular weight excluding hydrogens is 236 g/mol. The summed E-state index contributed by atoms with van der Waals surface area (Å²) in [6.45, 7) is 4.01. The maximum atomic E-state index is 12.0. The fraction of sp³-hybridized carbons (Fsp3) is 0.833. The van der Waals surface area contributed by atoms with E-state index in [1.54, 1.807) is 4.90 Å². The van der Waals surface area contributed by atoms with Crippen LogP contribution in [0.15, 0.2) is 0 Å². The van der Waals surface area contributed by atoms with Crippen LogP contribution in [0.5, 0.6) is 0 Å². The summed E-state index contributed by atoms with van der Waals surface area (Å²) in [5.41, 5.74) is 0. The van der Waals surface area contributed by atoms with Gasteiger partial charge in [-0.25, -0.2) is 9.59 Å². The zero-order valence-electron chi connectivity index (χ0n) is 11.2. The van der Waals surface area contributed by atoms with Crippen molar-refractivity contribution in [1.82, 2.24) is 10.2 Å². The number of carboxylic acids is 1. The van der Waals surface area contributed by atoms with Crippen LogP contribution in [0.25, 0.3) is 0 Å². The molecule has 1 aliphatic heterocycles. The highest BCUT2D eigenvalue weighted by Gasteiger charge is 2.29. The van der Waals surface area contributed by atoms with Gasteiger partial charge in [-0.3, -0.25) is 0 Å². The minimum atomic E-state index is -1.07. The fourth-order valence-electron chi connectivity index (χ4n) is 2.36. The topological polar surface area (TPSA) is 78.9 Å². The second-order valence-electron chi connectivity index (χ2n) is 4.78. The first-order valence-electron chi connectivity index (χ1n) is 6.29. The Hall–Kier alpha value is -1.30. The number of urea groups is 1. The van der Waals surface area contributed by atoms with Gasteiger partial charge in [-0.1, -0.05) is 0 Å². The lowest BCUT2D eigenvalue weighted by Crippen LogP contribution is -2.53. The molecule has 1 fully saturated rings. The van der Waals surface area contributed by atoms with Gasteiger partial charge in [0.2, 0.25) is 0 Å². The highest BCUT2D eigenvalue weighted by molar-refractivity contribution is 5.77. The number of nitrogens with one attached hydrogen (secondary N) is 1. The predicted octanol–water partition coefficient (Wildman–Crippen LogP) is 1.06. The van der Waals surface area contributed by atoms with Crippen molar-refractivity contribution in [3.05, 3.63) is 0 Å². The van der Waals surface area contributed by atoms with Crippen LogP contribution >= 0.6 is 0 Å². The summed E-state index contributed by atoms with van der Waals surface area (Å²) in [6, 6.07) is 0.178. The molecule has 1 aliphatic rings. The van der Waals surface area contributed by atoms with E-state index < -0.39 is 12.1 Å². The van der Waals surface area contributed by atoms with Crippen molar-refractivity contribution in [2.45, 2.75) is 51.3 Å². The Kier molecular flexibility index (Phi) is 5.40.